The summed E-state index contributed by atoms with van der Waals surface area (Å²) < 4.78 is 20.1. The largest absolute Gasteiger partial charge is 0.482 e. The number of hydrogen-bond acceptors (Lipinski definition) is 4. The minimum absolute atomic E-state index is 0.0626. The lowest BCUT2D eigenvalue weighted by Gasteiger charge is -2.29. The van der Waals surface area contributed by atoms with Gasteiger partial charge in [0.15, 0.2) is 6.61 Å². The van der Waals surface area contributed by atoms with E-state index in [1.807, 2.05) is 6.07 Å². The quantitative estimate of drug-likeness (QED) is 0.731. The minimum Gasteiger partial charge on any atom is -0.482 e. The molecule has 3 aromatic rings. The summed E-state index contributed by atoms with van der Waals surface area (Å²) in [5.41, 5.74) is 0.770. The molecule has 28 heavy (non-hydrogen) atoms. The number of rotatable bonds is 4. The first kappa shape index (κ1) is 18.2. The van der Waals surface area contributed by atoms with Crippen molar-refractivity contribution in [3.05, 3.63) is 65.1 Å². The number of fused-ring (bicyclic) bond motifs is 2. The molecule has 1 aliphatic rings. The van der Waals surface area contributed by atoms with Crippen molar-refractivity contribution in [1.29, 1.82) is 0 Å². The average molecular weight is 400 g/mol. The van der Waals surface area contributed by atoms with Crippen LogP contribution in [0.1, 0.15) is 10.4 Å². The number of aromatic nitrogens is 1. The predicted octanol–water partition coefficient (Wildman–Crippen LogP) is 3.18. The van der Waals surface area contributed by atoms with Gasteiger partial charge in [-0.1, -0.05) is 23.7 Å². The number of amides is 2. The van der Waals surface area contributed by atoms with E-state index in [1.165, 1.54) is 23.2 Å². The van der Waals surface area contributed by atoms with Crippen LogP contribution in [0, 0.1) is 5.82 Å². The van der Waals surface area contributed by atoms with Gasteiger partial charge in [0.25, 0.3) is 11.8 Å². The van der Waals surface area contributed by atoms with E-state index in [9.17, 15) is 14.0 Å². The molecule has 0 saturated heterocycles. The molecular formula is C20H15ClFN3O3. The molecule has 142 valence electrons. The lowest BCUT2D eigenvalue weighted by molar-refractivity contribution is -0.121. The van der Waals surface area contributed by atoms with Gasteiger partial charge >= 0.3 is 0 Å². The maximum Gasteiger partial charge on any atom is 0.265 e. The third kappa shape index (κ3) is 3.25. The van der Waals surface area contributed by atoms with Crippen molar-refractivity contribution in [2.45, 2.75) is 0 Å². The topological polar surface area (TPSA) is 71.5 Å². The summed E-state index contributed by atoms with van der Waals surface area (Å²) in [5.74, 6) is -0.899. The van der Waals surface area contributed by atoms with Crippen molar-refractivity contribution in [2.75, 3.05) is 24.6 Å². The van der Waals surface area contributed by atoms with Gasteiger partial charge in [-0.25, -0.2) is 4.39 Å². The van der Waals surface area contributed by atoms with Gasteiger partial charge in [-0.2, -0.15) is 0 Å². The van der Waals surface area contributed by atoms with E-state index in [0.29, 0.717) is 17.0 Å². The molecule has 8 heteroatoms. The molecule has 0 saturated carbocycles. The van der Waals surface area contributed by atoms with Gasteiger partial charge in [0.05, 0.1) is 21.8 Å². The van der Waals surface area contributed by atoms with Crippen LogP contribution in [0.2, 0.25) is 5.02 Å². The first-order chi connectivity index (χ1) is 13.6. The van der Waals surface area contributed by atoms with Crippen LogP contribution in [0.25, 0.3) is 10.9 Å². The average Bonchev–Trinajstić information content (AvgIpc) is 2.72. The molecule has 0 bridgehead atoms. The molecule has 0 aliphatic carbocycles. The monoisotopic (exact) mass is 399 g/mol. The molecule has 1 N–H and O–H groups in total. The van der Waals surface area contributed by atoms with Crippen molar-refractivity contribution < 1.29 is 18.7 Å². The smallest absolute Gasteiger partial charge is 0.265 e. The van der Waals surface area contributed by atoms with Crippen LogP contribution in [0.15, 0.2) is 48.7 Å². The van der Waals surface area contributed by atoms with Crippen LogP contribution in [0.4, 0.5) is 10.1 Å². The Bertz CT molecular complexity index is 1090. The molecule has 1 aliphatic heterocycles. The zero-order valence-corrected chi connectivity index (χ0v) is 15.4. The van der Waals surface area contributed by atoms with E-state index in [4.69, 9.17) is 16.3 Å². The highest BCUT2D eigenvalue weighted by atomic mass is 35.5. The maximum absolute atomic E-state index is 14.7. The minimum atomic E-state index is -0.683. The zero-order valence-electron chi connectivity index (χ0n) is 14.6. The van der Waals surface area contributed by atoms with Crippen LogP contribution in [-0.2, 0) is 4.79 Å². The van der Waals surface area contributed by atoms with Gasteiger partial charge in [-0.15, -0.1) is 0 Å². The molecule has 1 aromatic heterocycles. The summed E-state index contributed by atoms with van der Waals surface area (Å²) >= 11 is 6.13. The Morgan fingerprint density at radius 3 is 2.96 bits per heavy atom. The summed E-state index contributed by atoms with van der Waals surface area (Å²) in [7, 11) is 0. The number of nitrogens with zero attached hydrogens (tertiary/aromatic N) is 2. The second kappa shape index (κ2) is 7.44. The number of carbonyl (C=O) groups excluding carboxylic acids is 2. The molecule has 0 radical (unpaired) electrons. The fourth-order valence-corrected chi connectivity index (χ4v) is 3.38. The lowest BCUT2D eigenvalue weighted by Crippen LogP contribution is -2.43. The molecule has 6 nitrogen and oxygen atoms in total. The summed E-state index contributed by atoms with van der Waals surface area (Å²) in [6.45, 7) is 0.309. The van der Waals surface area contributed by atoms with Crippen molar-refractivity contribution in [3.63, 3.8) is 0 Å². The van der Waals surface area contributed by atoms with Crippen LogP contribution < -0.4 is 15.0 Å². The molecule has 0 fully saturated rings. The Kier molecular flexibility index (Phi) is 4.83. The molecule has 2 aromatic carbocycles. The molecule has 0 spiro atoms. The molecule has 2 amide bonds. The molecule has 2 heterocycles. The number of ether oxygens (including phenoxy) is 1. The number of pyridine rings is 1. The SMILES string of the molecule is O=C(NCCN1C(=O)COc2ccccc21)c1cc(Cl)c2ncccc2c1F. The molecular weight excluding hydrogens is 385 g/mol. The van der Waals surface area contributed by atoms with E-state index >= 15 is 0 Å². The lowest BCUT2D eigenvalue weighted by atomic mass is 10.1. The fraction of sp³-hybridized carbons (Fsp3) is 0.150. The van der Waals surface area contributed by atoms with Gasteiger partial charge in [0, 0.05) is 24.7 Å². The van der Waals surface area contributed by atoms with Gasteiger partial charge in [0.1, 0.15) is 11.6 Å². The Morgan fingerprint density at radius 2 is 2.11 bits per heavy atom. The van der Waals surface area contributed by atoms with E-state index in [0.717, 1.165) is 0 Å². The number of para-hydroxylation sites is 2. The maximum atomic E-state index is 14.7. The van der Waals surface area contributed by atoms with E-state index in [1.54, 1.807) is 24.3 Å². The van der Waals surface area contributed by atoms with Crippen LogP contribution in [0.3, 0.4) is 0 Å². The summed E-state index contributed by atoms with van der Waals surface area (Å²) in [4.78, 5) is 30.2. The first-order valence-electron chi connectivity index (χ1n) is 8.59. The summed E-state index contributed by atoms with van der Waals surface area (Å²) in [6.07, 6.45) is 1.50. The number of halogens is 2. The van der Waals surface area contributed by atoms with Gasteiger partial charge in [-0.3, -0.25) is 14.6 Å². The predicted molar refractivity (Wildman–Crippen MR) is 103 cm³/mol. The molecule has 0 unspecified atom stereocenters. The second-order valence-electron chi connectivity index (χ2n) is 6.18. The Labute approximate surface area is 164 Å². The Hall–Kier alpha value is -3.19. The fourth-order valence-electron chi connectivity index (χ4n) is 3.12. The zero-order chi connectivity index (χ0) is 19.7. The van der Waals surface area contributed by atoms with Gasteiger partial charge < -0.3 is 15.0 Å². The van der Waals surface area contributed by atoms with E-state index < -0.39 is 11.7 Å². The number of benzene rings is 2. The van der Waals surface area contributed by atoms with Crippen LogP contribution >= 0.6 is 11.6 Å². The number of hydrogen-bond donors (Lipinski definition) is 1. The van der Waals surface area contributed by atoms with Gasteiger partial charge in [-0.05, 0) is 30.3 Å². The Morgan fingerprint density at radius 1 is 1.29 bits per heavy atom. The Balaban J connectivity index is 1.49. The van der Waals surface area contributed by atoms with E-state index in [-0.39, 0.29) is 41.6 Å². The summed E-state index contributed by atoms with van der Waals surface area (Å²) in [6, 6.07) is 11.5. The normalized spacial score (nSPS) is 13.2. The highest BCUT2D eigenvalue weighted by molar-refractivity contribution is 6.35. The summed E-state index contributed by atoms with van der Waals surface area (Å²) in [5, 5.41) is 3.01. The van der Waals surface area contributed by atoms with Crippen LogP contribution in [-0.4, -0.2) is 36.5 Å². The van der Waals surface area contributed by atoms with Crippen LogP contribution in [0.5, 0.6) is 5.75 Å². The number of nitrogens with one attached hydrogen (secondary N) is 1. The number of carbonyl (C=O) groups is 2. The molecule has 4 rings (SSSR count). The highest BCUT2D eigenvalue weighted by Gasteiger charge is 2.25. The van der Waals surface area contributed by atoms with E-state index in [2.05, 4.69) is 10.3 Å². The third-order valence-corrected chi connectivity index (χ3v) is 4.74. The second-order valence-corrected chi connectivity index (χ2v) is 6.58. The van der Waals surface area contributed by atoms with Crippen molar-refractivity contribution in [2.24, 2.45) is 0 Å². The van der Waals surface area contributed by atoms with Gasteiger partial charge in [0.2, 0.25) is 0 Å². The van der Waals surface area contributed by atoms with Crippen molar-refractivity contribution in [3.8, 4) is 5.75 Å². The third-order valence-electron chi connectivity index (χ3n) is 4.45. The molecule has 0 atom stereocenters. The van der Waals surface area contributed by atoms with Crippen molar-refractivity contribution in [1.82, 2.24) is 10.3 Å². The highest BCUT2D eigenvalue weighted by Crippen LogP contribution is 2.31. The standard InChI is InChI=1S/C20H15ClFN3O3/c21-14-10-13(18(22)12-4-3-7-23-19(12)14)20(27)24-8-9-25-15-5-1-2-6-16(15)28-11-17(25)26/h1-7,10H,8-9,11H2,(H,24,27). The first-order valence-corrected chi connectivity index (χ1v) is 8.97. The van der Waals surface area contributed by atoms with Crippen molar-refractivity contribution >= 4 is 40.0 Å². The number of anilines is 1.